The largest absolute Gasteiger partial charge is 0.456 e. The maximum absolute atomic E-state index is 11.3. The number of nitro benzene ring substituents is 1. The van der Waals surface area contributed by atoms with Gasteiger partial charge in [0, 0.05) is 48.7 Å². The van der Waals surface area contributed by atoms with Gasteiger partial charge in [0.2, 0.25) is 0 Å². The molecule has 0 amide bonds. The normalized spacial score (nSPS) is 11.8. The Morgan fingerprint density at radius 3 is 2.16 bits per heavy atom. The minimum Gasteiger partial charge on any atom is -0.456 e. The number of furan rings is 1. The predicted molar refractivity (Wildman–Crippen MR) is 130 cm³/mol. The van der Waals surface area contributed by atoms with Gasteiger partial charge in [0.05, 0.1) is 21.6 Å². The van der Waals surface area contributed by atoms with Gasteiger partial charge in [-0.05, 0) is 50.1 Å². The number of rotatable bonds is 2. The fraction of sp³-hybridized carbons (Fsp3) is 0. The molecular weight excluding hydrogens is 524 g/mol. The van der Waals surface area contributed by atoms with E-state index in [0.717, 1.165) is 49.4 Å². The minimum atomic E-state index is -0.400. The smallest absolute Gasteiger partial charge is 0.271 e. The Bertz CT molecular complexity index is 1680. The van der Waals surface area contributed by atoms with E-state index in [-0.39, 0.29) is 5.69 Å². The lowest BCUT2D eigenvalue weighted by molar-refractivity contribution is -0.385. The molecule has 4 aromatic carbocycles. The standard InChI is InChI=1S/C24H12Br2N2O3/c25-18-9-13(28(29)30)10-19(26)24(18)27-20-7-3-1-5-14(20)16-11-17-15-6-2-4-8-22(15)31-23(17)12-21(16)27/h1-12H. The number of halogens is 2. The van der Waals surface area contributed by atoms with E-state index in [1.807, 2.05) is 36.4 Å². The lowest BCUT2D eigenvalue weighted by atomic mass is 10.1. The highest BCUT2D eigenvalue weighted by Crippen LogP contribution is 2.42. The van der Waals surface area contributed by atoms with Crippen LogP contribution in [0.2, 0.25) is 0 Å². The summed E-state index contributed by atoms with van der Waals surface area (Å²) in [4.78, 5) is 10.9. The molecule has 2 heterocycles. The first-order valence-electron chi connectivity index (χ1n) is 9.51. The summed E-state index contributed by atoms with van der Waals surface area (Å²) in [6, 6.07) is 23.4. The molecule has 0 atom stereocenters. The maximum Gasteiger partial charge on any atom is 0.271 e. The Morgan fingerprint density at radius 1 is 0.742 bits per heavy atom. The molecule has 0 spiro atoms. The Balaban J connectivity index is 1.79. The molecule has 0 N–H and O–H groups in total. The van der Waals surface area contributed by atoms with Crippen molar-refractivity contribution in [3.8, 4) is 5.69 Å². The maximum atomic E-state index is 11.3. The van der Waals surface area contributed by atoms with Crippen LogP contribution < -0.4 is 0 Å². The molecule has 6 rings (SSSR count). The van der Waals surface area contributed by atoms with Crippen LogP contribution in [0.3, 0.4) is 0 Å². The molecule has 0 saturated carbocycles. The van der Waals surface area contributed by atoms with Gasteiger partial charge in [0.25, 0.3) is 5.69 Å². The van der Waals surface area contributed by atoms with Crippen molar-refractivity contribution in [1.82, 2.24) is 4.57 Å². The van der Waals surface area contributed by atoms with E-state index in [4.69, 9.17) is 4.42 Å². The molecule has 0 saturated heterocycles. The lowest BCUT2D eigenvalue weighted by Crippen LogP contribution is -1.98. The molecule has 0 unspecified atom stereocenters. The summed E-state index contributed by atoms with van der Waals surface area (Å²) in [5.41, 5.74) is 4.42. The molecule has 0 aliphatic carbocycles. The number of non-ortho nitro benzene ring substituents is 1. The first-order chi connectivity index (χ1) is 15.0. The van der Waals surface area contributed by atoms with Gasteiger partial charge < -0.3 is 8.98 Å². The Kier molecular flexibility index (Phi) is 4.00. The summed E-state index contributed by atoms with van der Waals surface area (Å²) in [5.74, 6) is 0. The molecule has 5 nitrogen and oxygen atoms in total. The second-order valence-corrected chi connectivity index (χ2v) is 9.04. The van der Waals surface area contributed by atoms with Gasteiger partial charge in [-0.25, -0.2) is 0 Å². The third-order valence-electron chi connectivity index (χ3n) is 5.61. The van der Waals surface area contributed by atoms with Gasteiger partial charge in [-0.3, -0.25) is 10.1 Å². The van der Waals surface area contributed by atoms with E-state index in [0.29, 0.717) is 8.95 Å². The van der Waals surface area contributed by atoms with Crippen LogP contribution >= 0.6 is 31.9 Å². The molecule has 0 bridgehead atoms. The molecule has 0 aliphatic rings. The van der Waals surface area contributed by atoms with Gasteiger partial charge in [-0.15, -0.1) is 0 Å². The number of nitrogens with zero attached hydrogens (tertiary/aromatic N) is 2. The number of para-hydroxylation sites is 2. The average Bonchev–Trinajstić information content (AvgIpc) is 3.27. The van der Waals surface area contributed by atoms with E-state index >= 15 is 0 Å². The van der Waals surface area contributed by atoms with Crippen molar-refractivity contribution in [3.63, 3.8) is 0 Å². The third kappa shape index (κ3) is 2.66. The Morgan fingerprint density at radius 2 is 1.42 bits per heavy atom. The van der Waals surface area contributed by atoms with Crippen LogP contribution in [0.1, 0.15) is 0 Å². The number of hydrogen-bond donors (Lipinski definition) is 0. The number of fused-ring (bicyclic) bond motifs is 6. The van der Waals surface area contributed by atoms with Crippen molar-refractivity contribution in [2.45, 2.75) is 0 Å². The first kappa shape index (κ1) is 18.6. The minimum absolute atomic E-state index is 0.0166. The third-order valence-corrected chi connectivity index (χ3v) is 6.82. The van der Waals surface area contributed by atoms with Crippen LogP contribution in [0.25, 0.3) is 49.4 Å². The van der Waals surface area contributed by atoms with Gasteiger partial charge in [0.1, 0.15) is 11.2 Å². The quantitative estimate of drug-likeness (QED) is 0.166. The Labute approximate surface area is 192 Å². The predicted octanol–water partition coefficient (Wildman–Crippen LogP) is 8.12. The van der Waals surface area contributed by atoms with Crippen molar-refractivity contribution < 1.29 is 9.34 Å². The number of hydrogen-bond acceptors (Lipinski definition) is 3. The molecule has 7 heteroatoms. The number of aromatic nitrogens is 1. The van der Waals surface area contributed by atoms with Gasteiger partial charge >= 0.3 is 0 Å². The second-order valence-electron chi connectivity index (χ2n) is 7.33. The number of benzene rings is 4. The molecule has 0 radical (unpaired) electrons. The fourth-order valence-electron chi connectivity index (χ4n) is 4.30. The summed E-state index contributed by atoms with van der Waals surface area (Å²) in [6.45, 7) is 0. The van der Waals surface area contributed by atoms with Gasteiger partial charge in [-0.2, -0.15) is 0 Å². The molecule has 6 aromatic rings. The molecule has 150 valence electrons. The number of nitro groups is 1. The van der Waals surface area contributed by atoms with Crippen molar-refractivity contribution in [3.05, 3.63) is 91.9 Å². The molecular formula is C24H12Br2N2O3. The van der Waals surface area contributed by atoms with E-state index in [1.165, 1.54) is 12.1 Å². The molecule has 0 fully saturated rings. The zero-order chi connectivity index (χ0) is 21.3. The first-order valence-corrected chi connectivity index (χ1v) is 11.1. The van der Waals surface area contributed by atoms with Gasteiger partial charge in [-0.1, -0.05) is 36.4 Å². The molecule has 2 aromatic heterocycles. The SMILES string of the molecule is O=[N+]([O-])c1cc(Br)c(-n2c3ccccc3c3cc4c(cc32)oc2ccccc24)c(Br)c1. The zero-order valence-corrected chi connectivity index (χ0v) is 19.0. The van der Waals surface area contributed by atoms with E-state index in [2.05, 4.69) is 60.7 Å². The lowest BCUT2D eigenvalue weighted by Gasteiger charge is -2.12. The topological polar surface area (TPSA) is 61.2 Å². The van der Waals surface area contributed by atoms with E-state index < -0.39 is 4.92 Å². The summed E-state index contributed by atoms with van der Waals surface area (Å²) in [5, 5.41) is 15.6. The van der Waals surface area contributed by atoms with Gasteiger partial charge in [0.15, 0.2) is 0 Å². The second kappa shape index (κ2) is 6.67. The van der Waals surface area contributed by atoms with Crippen molar-refractivity contribution in [1.29, 1.82) is 0 Å². The van der Waals surface area contributed by atoms with E-state index in [1.54, 1.807) is 0 Å². The fourth-order valence-corrected chi connectivity index (χ4v) is 5.82. The van der Waals surface area contributed by atoms with Crippen molar-refractivity contribution >= 4 is 81.3 Å². The van der Waals surface area contributed by atoms with Crippen LogP contribution in [0, 0.1) is 10.1 Å². The molecule has 0 aliphatic heterocycles. The highest BCUT2D eigenvalue weighted by molar-refractivity contribution is 9.11. The zero-order valence-electron chi connectivity index (χ0n) is 15.8. The van der Waals surface area contributed by atoms with Crippen molar-refractivity contribution in [2.24, 2.45) is 0 Å². The van der Waals surface area contributed by atoms with Crippen LogP contribution in [-0.2, 0) is 0 Å². The van der Waals surface area contributed by atoms with Crippen LogP contribution in [0.15, 0.2) is 86.2 Å². The van der Waals surface area contributed by atoms with Crippen LogP contribution in [0.5, 0.6) is 0 Å². The average molecular weight is 536 g/mol. The Hall–Kier alpha value is -3.16. The summed E-state index contributed by atoms with van der Waals surface area (Å²) in [6.07, 6.45) is 0. The summed E-state index contributed by atoms with van der Waals surface area (Å²) in [7, 11) is 0. The van der Waals surface area contributed by atoms with Crippen LogP contribution in [-0.4, -0.2) is 9.49 Å². The summed E-state index contributed by atoms with van der Waals surface area (Å²) < 4.78 is 9.49. The van der Waals surface area contributed by atoms with Crippen LogP contribution in [0.4, 0.5) is 5.69 Å². The highest BCUT2D eigenvalue weighted by atomic mass is 79.9. The van der Waals surface area contributed by atoms with E-state index in [9.17, 15) is 10.1 Å². The monoisotopic (exact) mass is 534 g/mol. The van der Waals surface area contributed by atoms with Crippen molar-refractivity contribution in [2.75, 3.05) is 0 Å². The summed E-state index contributed by atoms with van der Waals surface area (Å²) >= 11 is 7.12. The highest BCUT2D eigenvalue weighted by Gasteiger charge is 2.21. The molecule has 31 heavy (non-hydrogen) atoms.